The van der Waals surface area contributed by atoms with E-state index in [4.69, 9.17) is 13.9 Å². The summed E-state index contributed by atoms with van der Waals surface area (Å²) < 4.78 is 15.4. The molecule has 0 aliphatic carbocycles. The van der Waals surface area contributed by atoms with E-state index in [-0.39, 0.29) is 24.1 Å². The Hall–Kier alpha value is -2.44. The Labute approximate surface area is 116 Å². The molecule has 2 aromatic heterocycles. The predicted octanol–water partition coefficient (Wildman–Crippen LogP) is 1.86. The minimum absolute atomic E-state index is 0.147. The summed E-state index contributed by atoms with van der Waals surface area (Å²) in [4.78, 5) is 23.4. The number of rotatable bonds is 6. The van der Waals surface area contributed by atoms with Gasteiger partial charge in [-0.1, -0.05) is 13.8 Å². The third-order valence-electron chi connectivity index (χ3n) is 2.21. The molecular formula is C13H15N3O4. The molecule has 0 saturated heterocycles. The Morgan fingerprint density at radius 2 is 2.15 bits per heavy atom. The zero-order chi connectivity index (χ0) is 14.4. The van der Waals surface area contributed by atoms with E-state index >= 15 is 0 Å². The van der Waals surface area contributed by atoms with Crippen LogP contribution < -0.4 is 4.74 Å². The van der Waals surface area contributed by atoms with Gasteiger partial charge in [0.2, 0.25) is 11.8 Å². The molecule has 0 bridgehead atoms. The molecule has 0 atom stereocenters. The molecule has 0 N–H and O–H groups in total. The topological polar surface area (TPSA) is 87.3 Å². The van der Waals surface area contributed by atoms with Crippen molar-refractivity contribution in [2.24, 2.45) is 5.92 Å². The van der Waals surface area contributed by atoms with Crippen molar-refractivity contribution in [3.8, 4) is 5.88 Å². The third kappa shape index (κ3) is 4.04. The average Bonchev–Trinajstić information content (AvgIpc) is 2.96. The lowest BCUT2D eigenvalue weighted by atomic mass is 10.2. The molecule has 0 saturated carbocycles. The molecule has 7 heteroatoms. The van der Waals surface area contributed by atoms with Gasteiger partial charge in [-0.2, -0.15) is 0 Å². The highest BCUT2D eigenvalue weighted by Gasteiger charge is 2.11. The van der Waals surface area contributed by atoms with Gasteiger partial charge in [-0.05, 0) is 5.92 Å². The maximum absolute atomic E-state index is 11.6. The van der Waals surface area contributed by atoms with Gasteiger partial charge < -0.3 is 13.9 Å². The molecule has 0 amide bonds. The normalized spacial score (nSPS) is 10.6. The van der Waals surface area contributed by atoms with Crippen LogP contribution in [0.3, 0.4) is 0 Å². The summed E-state index contributed by atoms with van der Waals surface area (Å²) in [6, 6.07) is 0. The van der Waals surface area contributed by atoms with Crippen LogP contribution in [0.1, 0.15) is 30.2 Å². The summed E-state index contributed by atoms with van der Waals surface area (Å²) in [6.07, 6.45) is 5.65. The smallest absolute Gasteiger partial charge is 0.358 e. The monoisotopic (exact) mass is 277 g/mol. The zero-order valence-electron chi connectivity index (χ0n) is 11.3. The Morgan fingerprint density at radius 3 is 2.75 bits per heavy atom. The van der Waals surface area contributed by atoms with E-state index in [0.717, 1.165) is 0 Å². The second-order valence-electron chi connectivity index (χ2n) is 4.45. The van der Waals surface area contributed by atoms with E-state index in [1.54, 1.807) is 0 Å². The average molecular weight is 277 g/mol. The molecule has 0 fully saturated rings. The first-order valence-corrected chi connectivity index (χ1v) is 6.15. The molecule has 0 aliphatic rings. The molecule has 0 aromatic carbocycles. The number of carbonyl (C=O) groups excluding carboxylic acids is 1. The molecular weight excluding hydrogens is 262 g/mol. The zero-order valence-corrected chi connectivity index (χ0v) is 11.3. The highest BCUT2D eigenvalue weighted by atomic mass is 16.5. The van der Waals surface area contributed by atoms with Gasteiger partial charge in [-0.3, -0.25) is 0 Å². The van der Waals surface area contributed by atoms with E-state index in [9.17, 15) is 4.79 Å². The van der Waals surface area contributed by atoms with Crippen molar-refractivity contribution >= 4 is 5.97 Å². The first-order valence-electron chi connectivity index (χ1n) is 6.15. The first kappa shape index (κ1) is 14.0. The lowest BCUT2D eigenvalue weighted by Gasteiger charge is -2.06. The molecule has 2 heterocycles. The number of esters is 1. The predicted molar refractivity (Wildman–Crippen MR) is 68.0 cm³/mol. The number of hydrogen-bond acceptors (Lipinski definition) is 7. The molecule has 0 radical (unpaired) electrons. The first-order chi connectivity index (χ1) is 9.65. The van der Waals surface area contributed by atoms with Gasteiger partial charge in [0.1, 0.15) is 6.26 Å². The minimum atomic E-state index is -0.495. The van der Waals surface area contributed by atoms with Crippen LogP contribution in [0.4, 0.5) is 0 Å². The van der Waals surface area contributed by atoms with E-state index in [2.05, 4.69) is 15.0 Å². The molecule has 2 aromatic rings. The number of nitrogens with zero attached hydrogens (tertiary/aromatic N) is 3. The summed E-state index contributed by atoms with van der Waals surface area (Å²) in [5, 5.41) is 0. The number of aromatic nitrogens is 3. The molecule has 0 aliphatic heterocycles. The standard InChI is InChI=1S/C13H15N3O4/c1-9(2)7-20-13(17)10-5-16-11(6-15-10)19-8-12-14-3-4-18-12/h3-6,9H,7-8H2,1-2H3. The van der Waals surface area contributed by atoms with Crippen LogP contribution in [0.25, 0.3) is 0 Å². The fraction of sp³-hybridized carbons (Fsp3) is 0.385. The van der Waals surface area contributed by atoms with Gasteiger partial charge in [-0.25, -0.2) is 19.7 Å². The summed E-state index contributed by atoms with van der Waals surface area (Å²) in [5.41, 5.74) is 0.147. The summed E-state index contributed by atoms with van der Waals surface area (Å²) in [7, 11) is 0. The second kappa shape index (κ2) is 6.65. The highest BCUT2D eigenvalue weighted by Crippen LogP contribution is 2.08. The van der Waals surface area contributed by atoms with Crippen molar-refractivity contribution < 1.29 is 18.7 Å². The van der Waals surface area contributed by atoms with E-state index in [1.807, 2.05) is 13.8 Å². The molecule has 7 nitrogen and oxygen atoms in total. The summed E-state index contributed by atoms with van der Waals surface area (Å²) in [5.74, 6) is 0.497. The van der Waals surface area contributed by atoms with Crippen LogP contribution in [0.2, 0.25) is 0 Å². The van der Waals surface area contributed by atoms with Crippen LogP contribution in [0, 0.1) is 5.92 Å². The lowest BCUT2D eigenvalue weighted by Crippen LogP contribution is -2.12. The largest absolute Gasteiger partial charge is 0.467 e. The van der Waals surface area contributed by atoms with E-state index < -0.39 is 5.97 Å². The number of oxazole rings is 1. The number of hydrogen-bond donors (Lipinski definition) is 0. The Morgan fingerprint density at radius 1 is 1.30 bits per heavy atom. The minimum Gasteiger partial charge on any atom is -0.467 e. The van der Waals surface area contributed by atoms with Crippen molar-refractivity contribution in [3.63, 3.8) is 0 Å². The van der Waals surface area contributed by atoms with Crippen LogP contribution in [0.5, 0.6) is 5.88 Å². The maximum atomic E-state index is 11.6. The Bertz CT molecular complexity index is 537. The molecule has 0 unspecified atom stereocenters. The van der Waals surface area contributed by atoms with Gasteiger partial charge in [0, 0.05) is 0 Å². The lowest BCUT2D eigenvalue weighted by molar-refractivity contribution is 0.0451. The summed E-state index contributed by atoms with van der Waals surface area (Å²) >= 11 is 0. The summed E-state index contributed by atoms with van der Waals surface area (Å²) in [6.45, 7) is 4.42. The Kier molecular flexibility index (Phi) is 4.65. The Balaban J connectivity index is 1.87. The van der Waals surface area contributed by atoms with Crippen molar-refractivity contribution in [3.05, 3.63) is 36.4 Å². The van der Waals surface area contributed by atoms with Gasteiger partial charge in [-0.15, -0.1) is 0 Å². The second-order valence-corrected chi connectivity index (χ2v) is 4.45. The fourth-order valence-electron chi connectivity index (χ4n) is 1.27. The number of carbonyl (C=O) groups is 1. The maximum Gasteiger partial charge on any atom is 0.358 e. The van der Waals surface area contributed by atoms with Crippen LogP contribution in [0.15, 0.2) is 29.3 Å². The third-order valence-corrected chi connectivity index (χ3v) is 2.21. The van der Waals surface area contributed by atoms with Gasteiger partial charge in [0.25, 0.3) is 0 Å². The molecule has 0 spiro atoms. The van der Waals surface area contributed by atoms with Crippen LogP contribution in [-0.2, 0) is 11.3 Å². The van der Waals surface area contributed by atoms with Crippen molar-refractivity contribution in [1.29, 1.82) is 0 Å². The van der Waals surface area contributed by atoms with Gasteiger partial charge >= 0.3 is 5.97 Å². The van der Waals surface area contributed by atoms with E-state index in [1.165, 1.54) is 24.9 Å². The van der Waals surface area contributed by atoms with Gasteiger partial charge in [0.15, 0.2) is 12.3 Å². The van der Waals surface area contributed by atoms with Crippen molar-refractivity contribution in [2.45, 2.75) is 20.5 Å². The van der Waals surface area contributed by atoms with Gasteiger partial charge in [0.05, 0.1) is 25.2 Å². The van der Waals surface area contributed by atoms with E-state index in [0.29, 0.717) is 12.5 Å². The highest BCUT2D eigenvalue weighted by molar-refractivity contribution is 5.86. The fourth-order valence-corrected chi connectivity index (χ4v) is 1.27. The van der Waals surface area contributed by atoms with Crippen molar-refractivity contribution in [1.82, 2.24) is 15.0 Å². The molecule has 20 heavy (non-hydrogen) atoms. The van der Waals surface area contributed by atoms with Crippen LogP contribution in [-0.4, -0.2) is 27.5 Å². The quantitative estimate of drug-likeness (QED) is 0.744. The van der Waals surface area contributed by atoms with Crippen LogP contribution >= 0.6 is 0 Å². The van der Waals surface area contributed by atoms with Crippen molar-refractivity contribution in [2.75, 3.05) is 6.61 Å². The molecule has 2 rings (SSSR count). The number of ether oxygens (including phenoxy) is 2. The molecule has 106 valence electrons. The SMILES string of the molecule is CC(C)COC(=O)c1cnc(OCc2ncco2)cn1.